The van der Waals surface area contributed by atoms with Crippen LogP contribution in [-0.2, 0) is 0 Å². The standard InChI is InChI=1S/C14H23N3/c1-12-11-13(15)5-6-14(12)16(2)9-10-17-7-3-4-8-17/h5-6,11H,3-4,7-10,15H2,1-2H3. The van der Waals surface area contributed by atoms with Crippen molar-refractivity contribution in [1.82, 2.24) is 4.90 Å². The van der Waals surface area contributed by atoms with Crippen molar-refractivity contribution in [3.63, 3.8) is 0 Å². The van der Waals surface area contributed by atoms with Gasteiger partial charge in [-0.25, -0.2) is 0 Å². The zero-order valence-electron chi connectivity index (χ0n) is 10.9. The average molecular weight is 233 g/mol. The van der Waals surface area contributed by atoms with E-state index in [1.807, 2.05) is 12.1 Å². The quantitative estimate of drug-likeness (QED) is 0.808. The minimum Gasteiger partial charge on any atom is -0.399 e. The van der Waals surface area contributed by atoms with Gasteiger partial charge in [-0.3, -0.25) is 0 Å². The first kappa shape index (κ1) is 12.2. The number of anilines is 2. The summed E-state index contributed by atoms with van der Waals surface area (Å²) in [6.45, 7) is 6.92. The number of likely N-dealkylation sites (tertiary alicyclic amines) is 1. The van der Waals surface area contributed by atoms with Crippen LogP contribution < -0.4 is 10.6 Å². The molecule has 0 aliphatic carbocycles. The second-order valence-corrected chi connectivity index (χ2v) is 5.02. The third-order valence-electron chi connectivity index (χ3n) is 3.58. The zero-order chi connectivity index (χ0) is 12.3. The molecular formula is C14H23N3. The van der Waals surface area contributed by atoms with E-state index >= 15 is 0 Å². The second-order valence-electron chi connectivity index (χ2n) is 5.02. The Labute approximate surface area is 104 Å². The Morgan fingerprint density at radius 3 is 2.65 bits per heavy atom. The molecular weight excluding hydrogens is 210 g/mol. The number of nitrogens with two attached hydrogens (primary N) is 1. The summed E-state index contributed by atoms with van der Waals surface area (Å²) in [7, 11) is 2.16. The lowest BCUT2D eigenvalue weighted by molar-refractivity contribution is 0.346. The first-order chi connectivity index (χ1) is 8.16. The second kappa shape index (κ2) is 5.41. The molecule has 0 radical (unpaired) electrons. The van der Waals surface area contributed by atoms with Crippen molar-refractivity contribution < 1.29 is 0 Å². The van der Waals surface area contributed by atoms with Crippen LogP contribution >= 0.6 is 0 Å². The van der Waals surface area contributed by atoms with Gasteiger partial charge in [0.1, 0.15) is 0 Å². The van der Waals surface area contributed by atoms with Crippen LogP contribution in [0.4, 0.5) is 11.4 Å². The van der Waals surface area contributed by atoms with E-state index in [1.165, 1.54) is 43.7 Å². The minimum atomic E-state index is 0.846. The molecule has 0 saturated carbocycles. The van der Waals surface area contributed by atoms with Crippen molar-refractivity contribution in [2.75, 3.05) is 43.9 Å². The van der Waals surface area contributed by atoms with E-state index in [0.717, 1.165) is 12.2 Å². The van der Waals surface area contributed by atoms with Crippen LogP contribution in [0, 0.1) is 6.92 Å². The van der Waals surface area contributed by atoms with Crippen molar-refractivity contribution in [1.29, 1.82) is 0 Å². The number of nitrogens with zero attached hydrogens (tertiary/aromatic N) is 2. The maximum Gasteiger partial charge on any atom is 0.0395 e. The average Bonchev–Trinajstić information content (AvgIpc) is 2.78. The molecule has 1 aliphatic rings. The molecule has 1 aromatic rings. The maximum absolute atomic E-state index is 5.77. The number of hydrogen-bond acceptors (Lipinski definition) is 3. The van der Waals surface area contributed by atoms with Crippen molar-refractivity contribution in [2.45, 2.75) is 19.8 Å². The van der Waals surface area contributed by atoms with Crippen LogP contribution in [0.3, 0.4) is 0 Å². The Bertz CT molecular complexity index is 370. The van der Waals surface area contributed by atoms with Gasteiger partial charge in [-0.15, -0.1) is 0 Å². The van der Waals surface area contributed by atoms with Crippen LogP contribution in [0.1, 0.15) is 18.4 Å². The number of aryl methyl sites for hydroxylation is 1. The number of rotatable bonds is 4. The number of nitrogen functional groups attached to an aromatic ring is 1. The Morgan fingerprint density at radius 2 is 2.00 bits per heavy atom. The van der Waals surface area contributed by atoms with E-state index in [1.54, 1.807) is 0 Å². The molecule has 1 heterocycles. The smallest absolute Gasteiger partial charge is 0.0395 e. The maximum atomic E-state index is 5.77. The Hall–Kier alpha value is -1.22. The van der Waals surface area contributed by atoms with E-state index < -0.39 is 0 Å². The summed E-state index contributed by atoms with van der Waals surface area (Å²) >= 11 is 0. The summed E-state index contributed by atoms with van der Waals surface area (Å²) in [6.07, 6.45) is 2.73. The molecule has 1 fully saturated rings. The van der Waals surface area contributed by atoms with E-state index in [2.05, 4.69) is 29.8 Å². The Morgan fingerprint density at radius 1 is 1.29 bits per heavy atom. The van der Waals surface area contributed by atoms with Gasteiger partial charge in [0.25, 0.3) is 0 Å². The molecule has 94 valence electrons. The van der Waals surface area contributed by atoms with Gasteiger partial charge < -0.3 is 15.5 Å². The predicted octanol–water partition coefficient (Wildman–Crippen LogP) is 2.11. The highest BCUT2D eigenvalue weighted by atomic mass is 15.2. The monoisotopic (exact) mass is 233 g/mol. The summed E-state index contributed by atoms with van der Waals surface area (Å²) in [6, 6.07) is 6.14. The van der Waals surface area contributed by atoms with Crippen molar-refractivity contribution >= 4 is 11.4 Å². The van der Waals surface area contributed by atoms with E-state index in [0.29, 0.717) is 0 Å². The normalized spacial score (nSPS) is 16.4. The van der Waals surface area contributed by atoms with Gasteiger partial charge in [0.15, 0.2) is 0 Å². The van der Waals surface area contributed by atoms with Crippen molar-refractivity contribution in [2.24, 2.45) is 0 Å². The molecule has 0 amide bonds. The third kappa shape index (κ3) is 3.13. The Kier molecular flexibility index (Phi) is 3.89. The third-order valence-corrected chi connectivity index (χ3v) is 3.58. The van der Waals surface area contributed by atoms with Gasteiger partial charge >= 0.3 is 0 Å². The molecule has 2 rings (SSSR count). The summed E-state index contributed by atoms with van der Waals surface area (Å²) < 4.78 is 0. The van der Waals surface area contributed by atoms with E-state index in [4.69, 9.17) is 5.73 Å². The fraction of sp³-hybridized carbons (Fsp3) is 0.571. The molecule has 1 aliphatic heterocycles. The molecule has 0 aromatic heterocycles. The molecule has 0 spiro atoms. The van der Waals surface area contributed by atoms with E-state index in [-0.39, 0.29) is 0 Å². The number of hydrogen-bond donors (Lipinski definition) is 1. The first-order valence-electron chi connectivity index (χ1n) is 6.46. The van der Waals surface area contributed by atoms with Crippen LogP contribution in [0.5, 0.6) is 0 Å². The largest absolute Gasteiger partial charge is 0.399 e. The fourth-order valence-electron chi connectivity index (χ4n) is 2.53. The van der Waals surface area contributed by atoms with Gasteiger partial charge in [-0.1, -0.05) is 0 Å². The van der Waals surface area contributed by atoms with Crippen LogP contribution in [-0.4, -0.2) is 38.1 Å². The highest BCUT2D eigenvalue weighted by Gasteiger charge is 2.12. The van der Waals surface area contributed by atoms with Gasteiger partial charge in [0.05, 0.1) is 0 Å². The lowest BCUT2D eigenvalue weighted by Crippen LogP contribution is -2.31. The van der Waals surface area contributed by atoms with Gasteiger partial charge in [-0.2, -0.15) is 0 Å². The minimum absolute atomic E-state index is 0.846. The molecule has 1 aromatic carbocycles. The van der Waals surface area contributed by atoms with Gasteiger partial charge in [-0.05, 0) is 56.6 Å². The molecule has 3 nitrogen and oxygen atoms in total. The molecule has 0 unspecified atom stereocenters. The Balaban J connectivity index is 1.91. The zero-order valence-corrected chi connectivity index (χ0v) is 10.9. The summed E-state index contributed by atoms with van der Waals surface area (Å²) in [5.41, 5.74) is 9.17. The SMILES string of the molecule is Cc1cc(N)ccc1N(C)CCN1CCCC1. The summed E-state index contributed by atoms with van der Waals surface area (Å²) in [5.74, 6) is 0. The molecule has 0 bridgehead atoms. The van der Waals surface area contributed by atoms with Crippen molar-refractivity contribution in [3.8, 4) is 0 Å². The van der Waals surface area contributed by atoms with Crippen LogP contribution in [0.25, 0.3) is 0 Å². The summed E-state index contributed by atoms with van der Waals surface area (Å²) in [5, 5.41) is 0. The first-order valence-corrected chi connectivity index (χ1v) is 6.46. The predicted molar refractivity (Wildman–Crippen MR) is 74.5 cm³/mol. The van der Waals surface area contributed by atoms with Crippen LogP contribution in [0.15, 0.2) is 18.2 Å². The number of likely N-dealkylation sites (N-methyl/N-ethyl adjacent to an activating group) is 1. The van der Waals surface area contributed by atoms with E-state index in [9.17, 15) is 0 Å². The molecule has 17 heavy (non-hydrogen) atoms. The molecule has 0 atom stereocenters. The number of benzene rings is 1. The molecule has 1 saturated heterocycles. The van der Waals surface area contributed by atoms with Crippen molar-refractivity contribution in [3.05, 3.63) is 23.8 Å². The van der Waals surface area contributed by atoms with Gasteiger partial charge in [0, 0.05) is 31.5 Å². The highest BCUT2D eigenvalue weighted by molar-refractivity contribution is 5.58. The fourth-order valence-corrected chi connectivity index (χ4v) is 2.53. The topological polar surface area (TPSA) is 32.5 Å². The molecule has 3 heteroatoms. The van der Waals surface area contributed by atoms with Gasteiger partial charge in [0.2, 0.25) is 0 Å². The lowest BCUT2D eigenvalue weighted by atomic mass is 10.1. The van der Waals surface area contributed by atoms with Crippen LogP contribution in [0.2, 0.25) is 0 Å². The molecule has 2 N–H and O–H groups in total. The lowest BCUT2D eigenvalue weighted by Gasteiger charge is -2.24. The summed E-state index contributed by atoms with van der Waals surface area (Å²) in [4.78, 5) is 4.87. The highest BCUT2D eigenvalue weighted by Crippen LogP contribution is 2.21.